The largest absolute Gasteiger partial charge is 0.493 e. The molecule has 1 aliphatic rings. The highest BCUT2D eigenvalue weighted by Crippen LogP contribution is 2.30. The molecule has 1 atom stereocenters. The summed E-state index contributed by atoms with van der Waals surface area (Å²) < 4.78 is 11.5. The van der Waals surface area contributed by atoms with Crippen LogP contribution in [0.2, 0.25) is 0 Å². The molecule has 2 amide bonds. The fourth-order valence-corrected chi connectivity index (χ4v) is 3.72. The zero-order valence-electron chi connectivity index (χ0n) is 17.0. The molecule has 1 fully saturated rings. The van der Waals surface area contributed by atoms with E-state index in [9.17, 15) is 14.7 Å². The lowest BCUT2D eigenvalue weighted by molar-refractivity contribution is -0.129. The summed E-state index contributed by atoms with van der Waals surface area (Å²) in [5, 5.41) is 22.2. The summed E-state index contributed by atoms with van der Waals surface area (Å²) in [6, 6.07) is 7.91. The topological polar surface area (TPSA) is 125 Å². The Kier molecular flexibility index (Phi) is 5.77. The molecule has 1 aromatic carbocycles. The number of aromatic hydroxyl groups is 1. The monoisotopic (exact) mass is 425 g/mol. The van der Waals surface area contributed by atoms with Crippen LogP contribution in [0.5, 0.6) is 11.6 Å². The van der Waals surface area contributed by atoms with E-state index < -0.39 is 11.9 Å². The SMILES string of the molecule is Cc1oc2ccc(OCc3cccnc3O)cc2c1C(=O)NC1CCN(CCO)C1=O. The number of amides is 2. The molecule has 0 spiro atoms. The number of pyridine rings is 1. The van der Waals surface area contributed by atoms with Gasteiger partial charge in [-0.3, -0.25) is 9.59 Å². The lowest BCUT2D eigenvalue weighted by Gasteiger charge is -2.15. The number of carbonyl (C=O) groups is 2. The minimum absolute atomic E-state index is 0.0979. The van der Waals surface area contributed by atoms with Gasteiger partial charge >= 0.3 is 0 Å². The fraction of sp³-hybridized carbons (Fsp3) is 0.318. The molecule has 31 heavy (non-hydrogen) atoms. The second kappa shape index (κ2) is 8.65. The Morgan fingerprint density at radius 2 is 2.23 bits per heavy atom. The van der Waals surface area contributed by atoms with Crippen molar-refractivity contribution in [1.29, 1.82) is 0 Å². The van der Waals surface area contributed by atoms with Crippen molar-refractivity contribution < 1.29 is 29.0 Å². The summed E-state index contributed by atoms with van der Waals surface area (Å²) in [5.74, 6) is 0.235. The lowest BCUT2D eigenvalue weighted by Crippen LogP contribution is -2.42. The van der Waals surface area contributed by atoms with Crippen molar-refractivity contribution in [2.24, 2.45) is 0 Å². The highest BCUT2D eigenvalue weighted by Gasteiger charge is 2.33. The minimum Gasteiger partial charge on any atom is -0.493 e. The average Bonchev–Trinajstić information content (AvgIpc) is 3.26. The van der Waals surface area contributed by atoms with Crippen molar-refractivity contribution in [3.8, 4) is 11.6 Å². The number of furan rings is 1. The number of aromatic nitrogens is 1. The Bertz CT molecular complexity index is 1130. The van der Waals surface area contributed by atoms with Crippen molar-refractivity contribution in [2.75, 3.05) is 19.7 Å². The third-order valence-electron chi connectivity index (χ3n) is 5.30. The fourth-order valence-electron chi connectivity index (χ4n) is 3.72. The molecule has 162 valence electrons. The van der Waals surface area contributed by atoms with Gasteiger partial charge in [0.05, 0.1) is 17.7 Å². The van der Waals surface area contributed by atoms with Crippen LogP contribution in [-0.2, 0) is 11.4 Å². The number of benzene rings is 1. The molecule has 9 heteroatoms. The zero-order valence-corrected chi connectivity index (χ0v) is 17.0. The number of fused-ring (bicyclic) bond motifs is 1. The number of nitrogens with zero attached hydrogens (tertiary/aromatic N) is 2. The van der Waals surface area contributed by atoms with Gasteiger partial charge in [-0.05, 0) is 43.7 Å². The molecule has 3 heterocycles. The molecule has 9 nitrogen and oxygen atoms in total. The summed E-state index contributed by atoms with van der Waals surface area (Å²) in [4.78, 5) is 30.7. The molecule has 3 aromatic rings. The summed E-state index contributed by atoms with van der Waals surface area (Å²) in [7, 11) is 0. The van der Waals surface area contributed by atoms with Crippen LogP contribution in [-0.4, -0.2) is 57.6 Å². The summed E-state index contributed by atoms with van der Waals surface area (Å²) >= 11 is 0. The number of nitrogens with one attached hydrogen (secondary N) is 1. The Labute approximate surface area is 178 Å². The number of ether oxygens (including phenoxy) is 1. The Hall–Kier alpha value is -3.59. The summed E-state index contributed by atoms with van der Waals surface area (Å²) in [6.45, 7) is 2.44. The molecule has 1 saturated heterocycles. The van der Waals surface area contributed by atoms with Gasteiger partial charge in [0, 0.05) is 24.7 Å². The number of aryl methyl sites for hydroxylation is 1. The number of aliphatic hydroxyl groups excluding tert-OH is 1. The predicted octanol–water partition coefficient (Wildman–Crippen LogP) is 1.74. The van der Waals surface area contributed by atoms with E-state index in [1.54, 1.807) is 37.3 Å². The van der Waals surface area contributed by atoms with Gasteiger partial charge in [-0.2, -0.15) is 0 Å². The molecule has 0 aliphatic carbocycles. The normalized spacial score (nSPS) is 16.1. The van der Waals surface area contributed by atoms with E-state index in [2.05, 4.69) is 10.3 Å². The second-order valence-corrected chi connectivity index (χ2v) is 7.33. The van der Waals surface area contributed by atoms with E-state index in [-0.39, 0.29) is 31.5 Å². The molecule has 4 rings (SSSR count). The molecule has 0 radical (unpaired) electrons. The Morgan fingerprint density at radius 3 is 3.00 bits per heavy atom. The van der Waals surface area contributed by atoms with Gasteiger partial charge in [0.2, 0.25) is 11.8 Å². The van der Waals surface area contributed by atoms with Crippen molar-refractivity contribution >= 4 is 22.8 Å². The van der Waals surface area contributed by atoms with Gasteiger partial charge in [-0.15, -0.1) is 0 Å². The predicted molar refractivity (Wildman–Crippen MR) is 111 cm³/mol. The molecular formula is C22H23N3O6. The molecule has 1 aliphatic heterocycles. The van der Waals surface area contributed by atoms with Gasteiger partial charge in [0.25, 0.3) is 5.91 Å². The van der Waals surface area contributed by atoms with Crippen LogP contribution in [0.3, 0.4) is 0 Å². The smallest absolute Gasteiger partial charge is 0.256 e. The number of likely N-dealkylation sites (tertiary alicyclic amines) is 1. The molecule has 1 unspecified atom stereocenters. The van der Waals surface area contributed by atoms with E-state index in [1.807, 2.05) is 0 Å². The minimum atomic E-state index is -0.628. The first-order valence-corrected chi connectivity index (χ1v) is 9.97. The van der Waals surface area contributed by atoms with Crippen LogP contribution in [0.15, 0.2) is 40.9 Å². The van der Waals surface area contributed by atoms with Crippen molar-refractivity contribution in [2.45, 2.75) is 26.0 Å². The van der Waals surface area contributed by atoms with E-state index >= 15 is 0 Å². The van der Waals surface area contributed by atoms with Gasteiger partial charge in [-0.1, -0.05) is 0 Å². The van der Waals surface area contributed by atoms with Crippen molar-refractivity contribution in [1.82, 2.24) is 15.2 Å². The first kappa shape index (κ1) is 20.7. The maximum Gasteiger partial charge on any atom is 0.256 e. The van der Waals surface area contributed by atoms with Gasteiger partial charge in [-0.25, -0.2) is 4.98 Å². The molecule has 0 bridgehead atoms. The van der Waals surface area contributed by atoms with Crippen molar-refractivity contribution in [3.63, 3.8) is 0 Å². The number of hydrogen-bond donors (Lipinski definition) is 3. The van der Waals surface area contributed by atoms with E-state index in [0.29, 0.717) is 46.6 Å². The number of aliphatic hydroxyl groups is 1. The number of rotatable bonds is 7. The summed E-state index contributed by atoms with van der Waals surface area (Å²) in [6.07, 6.45) is 1.98. The third kappa shape index (κ3) is 4.17. The number of carbonyl (C=O) groups excluding carboxylic acids is 2. The second-order valence-electron chi connectivity index (χ2n) is 7.33. The first-order valence-electron chi connectivity index (χ1n) is 9.97. The van der Waals surface area contributed by atoms with Crippen LogP contribution in [0.4, 0.5) is 0 Å². The molecule has 0 saturated carbocycles. The van der Waals surface area contributed by atoms with E-state index in [1.165, 1.54) is 11.1 Å². The van der Waals surface area contributed by atoms with Gasteiger partial charge in [0.15, 0.2) is 0 Å². The number of hydrogen-bond acceptors (Lipinski definition) is 7. The van der Waals surface area contributed by atoms with Crippen LogP contribution >= 0.6 is 0 Å². The van der Waals surface area contributed by atoms with Crippen molar-refractivity contribution in [3.05, 3.63) is 53.4 Å². The molecule has 3 N–H and O–H groups in total. The first-order chi connectivity index (χ1) is 15.0. The lowest BCUT2D eigenvalue weighted by atomic mass is 10.1. The van der Waals surface area contributed by atoms with E-state index in [4.69, 9.17) is 14.3 Å². The Balaban J connectivity index is 1.53. The van der Waals surface area contributed by atoms with Gasteiger partial charge in [0.1, 0.15) is 29.7 Å². The van der Waals surface area contributed by atoms with Crippen LogP contribution in [0, 0.1) is 6.92 Å². The van der Waals surface area contributed by atoms with Crippen LogP contribution < -0.4 is 10.1 Å². The highest BCUT2D eigenvalue weighted by molar-refractivity contribution is 6.08. The zero-order chi connectivity index (χ0) is 22.0. The standard InChI is InChI=1S/C22H23N3O6/c1-13-19(21(28)24-17-6-8-25(9-10-26)22(17)29)16-11-15(4-5-18(16)31-13)30-12-14-3-2-7-23-20(14)27/h2-5,7,11,17,26H,6,8-10,12H2,1H3,(H,23,27)(H,24,28). The Morgan fingerprint density at radius 1 is 1.39 bits per heavy atom. The maximum atomic E-state index is 13.0. The quantitative estimate of drug-likeness (QED) is 0.527. The molecule has 2 aromatic heterocycles. The van der Waals surface area contributed by atoms with Gasteiger partial charge < -0.3 is 29.6 Å². The highest BCUT2D eigenvalue weighted by atomic mass is 16.5. The maximum absolute atomic E-state index is 13.0. The van der Waals surface area contributed by atoms with E-state index in [0.717, 1.165) is 0 Å². The number of β-amino-alcohol motifs (C(OH)–C–C–N with tert-alkyl or cyclic N) is 1. The summed E-state index contributed by atoms with van der Waals surface area (Å²) in [5.41, 5.74) is 1.41. The van der Waals surface area contributed by atoms with Crippen LogP contribution in [0.25, 0.3) is 11.0 Å². The molecular weight excluding hydrogens is 402 g/mol. The third-order valence-corrected chi connectivity index (χ3v) is 5.30. The average molecular weight is 425 g/mol. The van der Waals surface area contributed by atoms with Crippen LogP contribution in [0.1, 0.15) is 28.1 Å².